The highest BCUT2D eigenvalue weighted by Crippen LogP contribution is 2.22. The number of nitrogens with zero attached hydrogens (tertiary/aromatic N) is 3. The summed E-state index contributed by atoms with van der Waals surface area (Å²) < 4.78 is 6.22. The van der Waals surface area contributed by atoms with Crippen molar-refractivity contribution >= 4 is 28.3 Å². The van der Waals surface area contributed by atoms with Crippen LogP contribution in [-0.4, -0.2) is 41.0 Å². The van der Waals surface area contributed by atoms with Crippen LogP contribution in [0.4, 0.5) is 5.69 Å². The minimum atomic E-state index is -0.455. The lowest BCUT2D eigenvalue weighted by Gasteiger charge is -2.14. The lowest BCUT2D eigenvalue weighted by molar-refractivity contribution is -0.385. The second-order valence-corrected chi connectivity index (χ2v) is 5.30. The van der Waals surface area contributed by atoms with Crippen molar-refractivity contribution in [3.8, 4) is 5.88 Å². The zero-order valence-corrected chi connectivity index (χ0v) is 12.0. The first-order chi connectivity index (χ1) is 8.66. The molecule has 0 spiro atoms. The maximum Gasteiger partial charge on any atom is 0.288 e. The SMILES string of the molecule is O=[N+]([O-])c1cnc(OCCN2CCCC2)c(I)c1. The van der Waals surface area contributed by atoms with Crippen LogP contribution in [0, 0.1) is 13.7 Å². The molecule has 1 aromatic rings. The molecule has 0 amide bonds. The Balaban J connectivity index is 1.87. The maximum atomic E-state index is 10.6. The molecule has 1 aliphatic heterocycles. The molecule has 0 saturated carbocycles. The number of pyridine rings is 1. The van der Waals surface area contributed by atoms with E-state index in [1.807, 2.05) is 22.6 Å². The van der Waals surface area contributed by atoms with Crippen molar-refractivity contribution in [1.29, 1.82) is 0 Å². The van der Waals surface area contributed by atoms with Gasteiger partial charge in [0.1, 0.15) is 12.8 Å². The fourth-order valence-corrected chi connectivity index (χ4v) is 2.51. The highest BCUT2D eigenvalue weighted by molar-refractivity contribution is 14.1. The van der Waals surface area contributed by atoms with Crippen LogP contribution in [0.2, 0.25) is 0 Å². The highest BCUT2D eigenvalue weighted by atomic mass is 127. The van der Waals surface area contributed by atoms with Gasteiger partial charge in [0.25, 0.3) is 5.69 Å². The van der Waals surface area contributed by atoms with Crippen molar-refractivity contribution in [3.05, 3.63) is 25.9 Å². The second kappa shape index (κ2) is 6.28. The summed E-state index contributed by atoms with van der Waals surface area (Å²) in [5.74, 6) is 0.473. The highest BCUT2D eigenvalue weighted by Gasteiger charge is 2.13. The van der Waals surface area contributed by atoms with Crippen LogP contribution in [0.25, 0.3) is 0 Å². The van der Waals surface area contributed by atoms with E-state index >= 15 is 0 Å². The molecule has 1 saturated heterocycles. The minimum Gasteiger partial charge on any atom is -0.476 e. The number of nitro groups is 1. The molecule has 0 unspecified atom stereocenters. The number of aromatic nitrogens is 1. The molecule has 0 radical (unpaired) electrons. The minimum absolute atomic E-state index is 0.00806. The largest absolute Gasteiger partial charge is 0.476 e. The Labute approximate surface area is 119 Å². The van der Waals surface area contributed by atoms with E-state index in [2.05, 4.69) is 9.88 Å². The van der Waals surface area contributed by atoms with Crippen molar-refractivity contribution in [3.63, 3.8) is 0 Å². The molecular weight excluding hydrogens is 349 g/mol. The summed E-state index contributed by atoms with van der Waals surface area (Å²) in [6, 6.07) is 1.47. The summed E-state index contributed by atoms with van der Waals surface area (Å²) in [5, 5.41) is 10.6. The van der Waals surface area contributed by atoms with Gasteiger partial charge in [-0.25, -0.2) is 4.98 Å². The van der Waals surface area contributed by atoms with E-state index in [1.54, 1.807) is 0 Å². The molecule has 0 aliphatic carbocycles. The van der Waals surface area contributed by atoms with Crippen molar-refractivity contribution in [2.75, 3.05) is 26.2 Å². The quantitative estimate of drug-likeness (QED) is 0.455. The molecular formula is C11H14IN3O3. The van der Waals surface area contributed by atoms with Crippen molar-refractivity contribution in [1.82, 2.24) is 9.88 Å². The van der Waals surface area contributed by atoms with Gasteiger partial charge in [0.2, 0.25) is 5.88 Å². The van der Waals surface area contributed by atoms with E-state index in [9.17, 15) is 10.1 Å². The number of hydrogen-bond donors (Lipinski definition) is 0. The van der Waals surface area contributed by atoms with Gasteiger partial charge in [0.15, 0.2) is 0 Å². The first-order valence-electron chi connectivity index (χ1n) is 5.82. The molecule has 6 nitrogen and oxygen atoms in total. The number of ether oxygens (including phenoxy) is 1. The lowest BCUT2D eigenvalue weighted by atomic mass is 10.4. The fraction of sp³-hybridized carbons (Fsp3) is 0.545. The second-order valence-electron chi connectivity index (χ2n) is 4.13. The summed E-state index contributed by atoms with van der Waals surface area (Å²) >= 11 is 2.00. The van der Waals surface area contributed by atoms with Crippen LogP contribution in [-0.2, 0) is 0 Å². The Morgan fingerprint density at radius 1 is 1.50 bits per heavy atom. The molecule has 1 aromatic heterocycles. The molecule has 1 fully saturated rings. The third kappa shape index (κ3) is 3.52. The topological polar surface area (TPSA) is 68.5 Å². The molecule has 0 N–H and O–H groups in total. The van der Waals surface area contributed by atoms with E-state index in [0.29, 0.717) is 16.1 Å². The average molecular weight is 363 g/mol. The van der Waals surface area contributed by atoms with Gasteiger partial charge in [-0.3, -0.25) is 15.0 Å². The number of likely N-dealkylation sites (tertiary alicyclic amines) is 1. The van der Waals surface area contributed by atoms with Gasteiger partial charge in [0, 0.05) is 12.6 Å². The first kappa shape index (κ1) is 13.5. The standard InChI is InChI=1S/C11H14IN3O3/c12-10-7-9(15(16)17)8-13-11(10)18-6-5-14-3-1-2-4-14/h7-8H,1-6H2. The number of rotatable bonds is 5. The summed E-state index contributed by atoms with van der Waals surface area (Å²) in [4.78, 5) is 16.4. The molecule has 1 aliphatic rings. The Kier molecular flexibility index (Phi) is 4.70. The van der Waals surface area contributed by atoms with Crippen LogP contribution in [0.15, 0.2) is 12.3 Å². The molecule has 98 valence electrons. The molecule has 0 aromatic carbocycles. The van der Waals surface area contributed by atoms with Crippen LogP contribution in [0.3, 0.4) is 0 Å². The van der Waals surface area contributed by atoms with Gasteiger partial charge in [-0.2, -0.15) is 0 Å². The van der Waals surface area contributed by atoms with Crippen molar-refractivity contribution in [2.24, 2.45) is 0 Å². The van der Waals surface area contributed by atoms with Crippen molar-refractivity contribution in [2.45, 2.75) is 12.8 Å². The molecule has 2 heterocycles. The summed E-state index contributed by atoms with van der Waals surface area (Å²) in [5.41, 5.74) is -0.00806. The number of hydrogen-bond acceptors (Lipinski definition) is 5. The van der Waals surface area contributed by atoms with Gasteiger partial charge in [-0.1, -0.05) is 0 Å². The predicted molar refractivity (Wildman–Crippen MR) is 74.8 cm³/mol. The average Bonchev–Trinajstić information content (AvgIpc) is 2.84. The Morgan fingerprint density at radius 2 is 2.22 bits per heavy atom. The molecule has 18 heavy (non-hydrogen) atoms. The Hall–Kier alpha value is -0.960. The summed E-state index contributed by atoms with van der Waals surface area (Å²) in [6.07, 6.45) is 3.74. The summed E-state index contributed by atoms with van der Waals surface area (Å²) in [7, 11) is 0. The van der Waals surface area contributed by atoms with Crippen LogP contribution >= 0.6 is 22.6 Å². The maximum absolute atomic E-state index is 10.6. The monoisotopic (exact) mass is 363 g/mol. The lowest BCUT2D eigenvalue weighted by Crippen LogP contribution is -2.25. The van der Waals surface area contributed by atoms with Crippen LogP contribution in [0.1, 0.15) is 12.8 Å². The normalized spacial score (nSPS) is 15.8. The van der Waals surface area contributed by atoms with E-state index in [-0.39, 0.29) is 5.69 Å². The molecule has 2 rings (SSSR count). The van der Waals surface area contributed by atoms with Crippen molar-refractivity contribution < 1.29 is 9.66 Å². The van der Waals surface area contributed by atoms with Gasteiger partial charge < -0.3 is 4.74 Å². The molecule has 7 heteroatoms. The smallest absolute Gasteiger partial charge is 0.288 e. The van der Waals surface area contributed by atoms with Crippen LogP contribution < -0.4 is 4.74 Å². The van der Waals surface area contributed by atoms with Crippen LogP contribution in [0.5, 0.6) is 5.88 Å². The van der Waals surface area contributed by atoms with E-state index < -0.39 is 4.92 Å². The van der Waals surface area contributed by atoms with Gasteiger partial charge in [-0.05, 0) is 48.5 Å². The molecule has 0 atom stereocenters. The number of halogens is 1. The van der Waals surface area contributed by atoms with E-state index in [1.165, 1.54) is 25.1 Å². The molecule has 0 bridgehead atoms. The zero-order valence-electron chi connectivity index (χ0n) is 9.84. The Morgan fingerprint density at radius 3 is 2.83 bits per heavy atom. The predicted octanol–water partition coefficient (Wildman–Crippen LogP) is 2.07. The van der Waals surface area contributed by atoms with E-state index in [4.69, 9.17) is 4.74 Å². The van der Waals surface area contributed by atoms with Gasteiger partial charge in [0.05, 0.1) is 8.49 Å². The third-order valence-electron chi connectivity index (χ3n) is 2.85. The fourth-order valence-electron chi connectivity index (χ4n) is 1.90. The zero-order chi connectivity index (χ0) is 13.0. The first-order valence-corrected chi connectivity index (χ1v) is 6.90. The summed E-state index contributed by atoms with van der Waals surface area (Å²) in [6.45, 7) is 3.72. The van der Waals surface area contributed by atoms with Gasteiger partial charge in [-0.15, -0.1) is 0 Å². The van der Waals surface area contributed by atoms with E-state index in [0.717, 1.165) is 19.6 Å². The third-order valence-corrected chi connectivity index (χ3v) is 3.62. The Bertz CT molecular complexity index is 436. The van der Waals surface area contributed by atoms with Gasteiger partial charge >= 0.3 is 0 Å².